The van der Waals surface area contributed by atoms with E-state index in [4.69, 9.17) is 9.57 Å². The van der Waals surface area contributed by atoms with E-state index in [1.54, 1.807) is 19.4 Å². The quantitative estimate of drug-likeness (QED) is 0.759. The largest absolute Gasteiger partial charge is 0.481 e. The van der Waals surface area contributed by atoms with E-state index in [9.17, 15) is 0 Å². The number of pyridine rings is 1. The Morgan fingerprint density at radius 2 is 2.33 bits per heavy atom. The van der Waals surface area contributed by atoms with Gasteiger partial charge in [0.15, 0.2) is 5.75 Å². The van der Waals surface area contributed by atoms with Crippen LogP contribution in [-0.4, -0.2) is 29.7 Å². The van der Waals surface area contributed by atoms with Gasteiger partial charge in [0.25, 0.3) is 0 Å². The fourth-order valence-corrected chi connectivity index (χ4v) is 1.72. The molecule has 0 aliphatic carbocycles. The highest BCUT2D eigenvalue weighted by atomic mass is 16.7. The van der Waals surface area contributed by atoms with Crippen molar-refractivity contribution >= 4 is 0 Å². The van der Waals surface area contributed by atoms with Gasteiger partial charge in [-0.15, -0.1) is 5.06 Å². The molecule has 1 aliphatic rings. The van der Waals surface area contributed by atoms with Crippen LogP contribution in [0.3, 0.4) is 0 Å². The molecule has 1 aromatic heterocycles. The van der Waals surface area contributed by atoms with Gasteiger partial charge >= 0.3 is 0 Å². The van der Waals surface area contributed by atoms with E-state index in [1.165, 1.54) is 12.8 Å². The van der Waals surface area contributed by atoms with E-state index in [-0.39, 0.29) is 0 Å². The van der Waals surface area contributed by atoms with E-state index >= 15 is 0 Å². The monoisotopic (exact) mass is 208 g/mol. The summed E-state index contributed by atoms with van der Waals surface area (Å²) in [5, 5.41) is 2.00. The van der Waals surface area contributed by atoms with Gasteiger partial charge < -0.3 is 9.57 Å². The van der Waals surface area contributed by atoms with Crippen molar-refractivity contribution in [1.82, 2.24) is 10.0 Å². The number of hydrogen-bond donors (Lipinski definition) is 0. The van der Waals surface area contributed by atoms with Crippen LogP contribution in [0.2, 0.25) is 0 Å². The lowest BCUT2D eigenvalue weighted by Gasteiger charge is -2.20. The predicted molar refractivity (Wildman–Crippen MR) is 56.8 cm³/mol. The molecule has 0 radical (unpaired) electrons. The first kappa shape index (κ1) is 10.2. The Balaban J connectivity index is 1.98. The van der Waals surface area contributed by atoms with E-state index in [0.29, 0.717) is 11.9 Å². The molecule has 1 aromatic rings. The summed E-state index contributed by atoms with van der Waals surface area (Å²) in [7, 11) is 1.60. The van der Waals surface area contributed by atoms with Gasteiger partial charge in [0, 0.05) is 18.7 Å². The Hall–Kier alpha value is -1.29. The normalized spacial score (nSPS) is 21.6. The van der Waals surface area contributed by atoms with Gasteiger partial charge in [-0.3, -0.25) is 0 Å². The summed E-state index contributed by atoms with van der Waals surface area (Å²) in [4.78, 5) is 9.79. The minimum atomic E-state index is 0.493. The van der Waals surface area contributed by atoms with Crippen LogP contribution in [0.5, 0.6) is 11.6 Å². The fraction of sp³-hybridized carbons (Fsp3) is 0.545. The average Bonchev–Trinajstić information content (AvgIpc) is 2.66. The fourth-order valence-electron chi connectivity index (χ4n) is 1.72. The summed E-state index contributed by atoms with van der Waals surface area (Å²) in [5.74, 6) is 1.38. The molecule has 1 aliphatic heterocycles. The third kappa shape index (κ3) is 2.39. The molecule has 0 N–H and O–H groups in total. The van der Waals surface area contributed by atoms with Crippen LogP contribution in [0.15, 0.2) is 18.3 Å². The first-order chi connectivity index (χ1) is 7.29. The molecule has 1 saturated heterocycles. The van der Waals surface area contributed by atoms with E-state index in [1.807, 2.05) is 11.1 Å². The van der Waals surface area contributed by atoms with E-state index in [2.05, 4.69) is 11.9 Å². The zero-order valence-corrected chi connectivity index (χ0v) is 9.14. The number of ether oxygens (including phenoxy) is 1. The minimum absolute atomic E-state index is 0.493. The second-order valence-electron chi connectivity index (χ2n) is 3.76. The average molecular weight is 208 g/mol. The van der Waals surface area contributed by atoms with Gasteiger partial charge in [-0.25, -0.2) is 4.98 Å². The van der Waals surface area contributed by atoms with Gasteiger partial charge in [0.1, 0.15) is 0 Å². The molecule has 15 heavy (non-hydrogen) atoms. The van der Waals surface area contributed by atoms with Gasteiger partial charge in [-0.05, 0) is 25.8 Å². The van der Waals surface area contributed by atoms with Gasteiger partial charge in [-0.2, -0.15) is 0 Å². The van der Waals surface area contributed by atoms with Crippen molar-refractivity contribution in [2.45, 2.75) is 25.8 Å². The number of hydroxylamine groups is 2. The third-order valence-corrected chi connectivity index (χ3v) is 2.63. The molecule has 0 saturated carbocycles. The summed E-state index contributed by atoms with van der Waals surface area (Å²) >= 11 is 0. The maximum absolute atomic E-state index is 5.70. The second kappa shape index (κ2) is 4.49. The summed E-state index contributed by atoms with van der Waals surface area (Å²) < 4.78 is 4.98. The summed E-state index contributed by atoms with van der Waals surface area (Å²) in [6.07, 6.45) is 4.08. The van der Waals surface area contributed by atoms with E-state index in [0.717, 1.165) is 12.3 Å². The lowest BCUT2D eigenvalue weighted by atomic mass is 10.3. The Bertz CT molecular complexity index is 313. The molecular formula is C11H16N2O2. The van der Waals surface area contributed by atoms with Gasteiger partial charge in [0.05, 0.1) is 13.3 Å². The van der Waals surface area contributed by atoms with Crippen molar-refractivity contribution in [2.75, 3.05) is 13.7 Å². The highest BCUT2D eigenvalue weighted by Gasteiger charge is 2.21. The van der Waals surface area contributed by atoms with Crippen LogP contribution < -0.4 is 9.57 Å². The van der Waals surface area contributed by atoms with Crippen LogP contribution in [0.4, 0.5) is 0 Å². The topological polar surface area (TPSA) is 34.6 Å². The molecule has 0 aromatic carbocycles. The zero-order valence-electron chi connectivity index (χ0n) is 9.14. The first-order valence-corrected chi connectivity index (χ1v) is 5.24. The highest BCUT2D eigenvalue weighted by Crippen LogP contribution is 2.20. The number of rotatable bonds is 3. The Morgan fingerprint density at radius 3 is 2.87 bits per heavy atom. The molecule has 2 heterocycles. The molecule has 0 spiro atoms. The summed E-state index contributed by atoms with van der Waals surface area (Å²) in [5.41, 5.74) is 0. The summed E-state index contributed by atoms with van der Waals surface area (Å²) in [6.45, 7) is 3.16. The number of nitrogens with zero attached hydrogens (tertiary/aromatic N) is 2. The standard InChI is InChI=1S/C11H16N2O2/c1-9-4-3-7-13(9)15-10-5-6-11(14-2)12-8-10/h5-6,8-9H,3-4,7H2,1-2H3. The van der Waals surface area contributed by atoms with Crippen molar-refractivity contribution in [3.05, 3.63) is 18.3 Å². The van der Waals surface area contributed by atoms with Crippen LogP contribution in [0.1, 0.15) is 19.8 Å². The predicted octanol–water partition coefficient (Wildman–Crippen LogP) is 1.87. The second-order valence-corrected chi connectivity index (χ2v) is 3.76. The molecule has 1 unspecified atom stereocenters. The summed E-state index contributed by atoms with van der Waals surface area (Å²) in [6, 6.07) is 4.17. The van der Waals surface area contributed by atoms with Crippen LogP contribution in [0, 0.1) is 0 Å². The zero-order chi connectivity index (χ0) is 10.7. The maximum Gasteiger partial charge on any atom is 0.213 e. The lowest BCUT2D eigenvalue weighted by molar-refractivity contribution is -0.0651. The Labute approximate surface area is 89.8 Å². The third-order valence-electron chi connectivity index (χ3n) is 2.63. The molecule has 1 fully saturated rings. The Kier molecular flexibility index (Phi) is 3.06. The van der Waals surface area contributed by atoms with Crippen molar-refractivity contribution in [3.8, 4) is 11.6 Å². The van der Waals surface area contributed by atoms with E-state index < -0.39 is 0 Å². The molecule has 0 amide bonds. The number of aromatic nitrogens is 1. The number of hydrogen-bond acceptors (Lipinski definition) is 4. The smallest absolute Gasteiger partial charge is 0.213 e. The molecule has 4 nitrogen and oxygen atoms in total. The van der Waals surface area contributed by atoms with Crippen molar-refractivity contribution in [2.24, 2.45) is 0 Å². The van der Waals surface area contributed by atoms with Crippen LogP contribution >= 0.6 is 0 Å². The van der Waals surface area contributed by atoms with Gasteiger partial charge in [0.2, 0.25) is 5.88 Å². The van der Waals surface area contributed by atoms with Crippen LogP contribution in [-0.2, 0) is 0 Å². The van der Waals surface area contributed by atoms with Gasteiger partial charge in [-0.1, -0.05) is 0 Å². The Morgan fingerprint density at radius 1 is 1.47 bits per heavy atom. The maximum atomic E-state index is 5.70. The molecule has 2 rings (SSSR count). The highest BCUT2D eigenvalue weighted by molar-refractivity contribution is 5.22. The molecule has 0 bridgehead atoms. The van der Waals surface area contributed by atoms with Crippen molar-refractivity contribution in [1.29, 1.82) is 0 Å². The van der Waals surface area contributed by atoms with Crippen molar-refractivity contribution < 1.29 is 9.57 Å². The SMILES string of the molecule is COc1ccc(ON2CCCC2C)cn1. The first-order valence-electron chi connectivity index (χ1n) is 5.24. The van der Waals surface area contributed by atoms with Crippen molar-refractivity contribution in [3.63, 3.8) is 0 Å². The lowest BCUT2D eigenvalue weighted by Crippen LogP contribution is -2.30. The molecule has 4 heteroatoms. The molecule has 1 atom stereocenters. The van der Waals surface area contributed by atoms with Crippen LogP contribution in [0.25, 0.3) is 0 Å². The molecule has 82 valence electrons. The number of methoxy groups -OCH3 is 1. The molecular weight excluding hydrogens is 192 g/mol. The minimum Gasteiger partial charge on any atom is -0.481 e.